The summed E-state index contributed by atoms with van der Waals surface area (Å²) in [5, 5.41) is 0. The van der Waals surface area contributed by atoms with E-state index in [1.165, 1.54) is 55.6 Å². The number of halogens is 2. The zero-order valence-electron chi connectivity index (χ0n) is 29.2. The van der Waals surface area contributed by atoms with E-state index in [-0.39, 0.29) is 41.1 Å². The molecule has 2 aliphatic rings. The fourth-order valence-electron chi connectivity index (χ4n) is 6.96. The van der Waals surface area contributed by atoms with Gasteiger partial charge in [0.1, 0.15) is 0 Å². The van der Waals surface area contributed by atoms with Gasteiger partial charge in [-0.05, 0) is 0 Å². The zero-order valence-corrected chi connectivity index (χ0v) is 33.2. The van der Waals surface area contributed by atoms with Gasteiger partial charge in [-0.15, -0.1) is 0 Å². The third-order valence-electron chi connectivity index (χ3n) is 9.47. The van der Waals surface area contributed by atoms with Gasteiger partial charge in [-0.1, -0.05) is 0 Å². The minimum Gasteiger partial charge on any atom is -1.00 e. The minimum atomic E-state index is -1.14. The van der Waals surface area contributed by atoms with E-state index in [4.69, 9.17) is 0 Å². The topological polar surface area (TPSA) is 0 Å². The van der Waals surface area contributed by atoms with Crippen molar-refractivity contribution in [1.29, 1.82) is 0 Å². The van der Waals surface area contributed by atoms with Crippen molar-refractivity contribution in [3.05, 3.63) is 122 Å². The van der Waals surface area contributed by atoms with E-state index in [1.54, 1.807) is 12.1 Å². The summed E-state index contributed by atoms with van der Waals surface area (Å²) in [4.78, 5) is 0. The summed E-state index contributed by atoms with van der Waals surface area (Å²) in [7, 11) is 0. The van der Waals surface area contributed by atoms with E-state index in [0.29, 0.717) is 5.92 Å². The van der Waals surface area contributed by atoms with Crippen LogP contribution in [0.5, 0.6) is 0 Å². The quantitative estimate of drug-likeness (QED) is 0.233. The van der Waals surface area contributed by atoms with Gasteiger partial charge in [0, 0.05) is 0 Å². The number of benzene rings is 4. The molecule has 238 valence electrons. The van der Waals surface area contributed by atoms with Crippen LogP contribution in [0.3, 0.4) is 0 Å². The molecule has 4 aromatic rings. The van der Waals surface area contributed by atoms with Crippen LogP contribution >= 0.6 is 0 Å². The largest absolute Gasteiger partial charge is 1.00 e. The van der Waals surface area contributed by atoms with E-state index in [0.717, 1.165) is 6.42 Å². The van der Waals surface area contributed by atoms with Gasteiger partial charge < -0.3 is 24.8 Å². The van der Waals surface area contributed by atoms with Crippen LogP contribution in [0.15, 0.2) is 99.9 Å². The molecule has 0 saturated carbocycles. The monoisotopic (exact) mass is 724 g/mol. The van der Waals surface area contributed by atoms with Crippen LogP contribution in [-0.4, -0.2) is 0 Å². The predicted molar refractivity (Wildman–Crippen MR) is 187 cm³/mol. The smallest absolute Gasteiger partial charge is 1.00 e. The van der Waals surface area contributed by atoms with Crippen LogP contribution in [0.2, 0.25) is 0 Å². The van der Waals surface area contributed by atoms with Crippen LogP contribution in [0.1, 0.15) is 91.5 Å². The molecule has 0 heterocycles. The van der Waals surface area contributed by atoms with Gasteiger partial charge in [0.05, 0.1) is 0 Å². The SMILES string of the molecule is CC1C=C(C(C)(C)C)C=[C]1[Zr+2][c]1c2c(cc(C(C)(C)C)c1-c1ccccc1)-c1cc(C(C)(C)C)c(-c3ccccc3)cc1C2.[Cl-].[Cl-]. The van der Waals surface area contributed by atoms with Gasteiger partial charge in [0.2, 0.25) is 0 Å². The van der Waals surface area contributed by atoms with Crippen molar-refractivity contribution in [3.63, 3.8) is 0 Å². The number of fused-ring (bicyclic) bond motifs is 3. The van der Waals surface area contributed by atoms with Crippen LogP contribution in [-0.2, 0) is 40.5 Å². The molecule has 2 aliphatic carbocycles. The van der Waals surface area contributed by atoms with Gasteiger partial charge in [0.15, 0.2) is 0 Å². The van der Waals surface area contributed by atoms with Gasteiger partial charge in [-0.2, -0.15) is 0 Å². The number of allylic oxidation sites excluding steroid dienone is 4. The summed E-state index contributed by atoms with van der Waals surface area (Å²) < 4.78 is 3.40. The Balaban J connectivity index is 0.00000240. The maximum absolute atomic E-state index is 2.59. The van der Waals surface area contributed by atoms with Crippen LogP contribution in [0, 0.1) is 11.3 Å². The molecule has 1 unspecified atom stereocenters. The Hall–Kier alpha value is -2.18. The molecule has 0 aliphatic heterocycles. The molecule has 0 radical (unpaired) electrons. The third kappa shape index (κ3) is 6.99. The third-order valence-corrected chi connectivity index (χ3v) is 13.6. The standard InChI is InChI=1S/C33H33.C10H15.2ClH.Zr/c1-32(2,3)30-20-26-24(18-28(30)22-13-9-7-10-14-22)17-25-19-29(23-15-11-8-12-16-23)31(21-27(25)26)33(4,5)6;1-8-5-6-9(7-8)10(2,3)4;;;/h7-16,18,20-21H,17H2,1-6H3;6-8H,1-4H3;2*1H;/q;;;;+2/p-2. The van der Waals surface area contributed by atoms with Crippen molar-refractivity contribution >= 4 is 3.27 Å². The first kappa shape index (κ1) is 36.7. The number of hydrogen-bond acceptors (Lipinski definition) is 0. The van der Waals surface area contributed by atoms with Crippen molar-refractivity contribution in [2.75, 3.05) is 0 Å². The summed E-state index contributed by atoms with van der Waals surface area (Å²) in [6.45, 7) is 23.8. The summed E-state index contributed by atoms with van der Waals surface area (Å²) >= 11 is -1.14. The fraction of sp³-hybridized carbons (Fsp3) is 0.349. The molecule has 0 N–H and O–H groups in total. The maximum atomic E-state index is 2.59. The van der Waals surface area contributed by atoms with Crippen molar-refractivity contribution in [2.45, 2.75) is 86.5 Å². The van der Waals surface area contributed by atoms with Crippen LogP contribution in [0.4, 0.5) is 0 Å². The molecule has 4 aromatic carbocycles. The summed E-state index contributed by atoms with van der Waals surface area (Å²) in [5.41, 5.74) is 16.3. The molecule has 6 rings (SSSR count). The molecule has 0 fully saturated rings. The van der Waals surface area contributed by atoms with Crippen molar-refractivity contribution in [1.82, 2.24) is 0 Å². The van der Waals surface area contributed by atoms with Crippen molar-refractivity contribution in [2.24, 2.45) is 11.3 Å². The maximum Gasteiger partial charge on any atom is -1.00 e. The first-order chi connectivity index (χ1) is 20.6. The Kier molecular flexibility index (Phi) is 10.7. The number of hydrogen-bond donors (Lipinski definition) is 0. The molecular weight excluding hydrogens is 679 g/mol. The van der Waals surface area contributed by atoms with Crippen LogP contribution in [0.25, 0.3) is 33.4 Å². The Morgan fingerprint density at radius 2 is 1.15 bits per heavy atom. The molecular formula is C43H48Cl2Zr. The second kappa shape index (κ2) is 13.4. The summed E-state index contributed by atoms with van der Waals surface area (Å²) in [6, 6.07) is 30.0. The van der Waals surface area contributed by atoms with Crippen molar-refractivity contribution < 1.29 is 48.0 Å². The Bertz CT molecular complexity index is 1790. The van der Waals surface area contributed by atoms with E-state index < -0.39 is 23.2 Å². The molecule has 0 nitrogen and oxygen atoms in total. The van der Waals surface area contributed by atoms with E-state index in [1.807, 2.05) is 0 Å². The average Bonchev–Trinajstić information content (AvgIpc) is 3.52. The molecule has 46 heavy (non-hydrogen) atoms. The van der Waals surface area contributed by atoms with Gasteiger partial charge >= 0.3 is 280 Å². The first-order valence-corrected chi connectivity index (χ1v) is 18.8. The van der Waals surface area contributed by atoms with E-state index in [9.17, 15) is 0 Å². The minimum absolute atomic E-state index is 0. The van der Waals surface area contributed by atoms with Gasteiger partial charge in [-0.25, -0.2) is 0 Å². The predicted octanol–water partition coefficient (Wildman–Crippen LogP) is 5.41. The first-order valence-electron chi connectivity index (χ1n) is 16.3. The molecule has 3 heteroatoms. The molecule has 0 spiro atoms. The molecule has 0 aromatic heterocycles. The number of rotatable bonds is 4. The summed E-state index contributed by atoms with van der Waals surface area (Å²) in [6.07, 6.45) is 6.16. The molecule has 0 bridgehead atoms. The average molecular weight is 727 g/mol. The fourth-order valence-corrected chi connectivity index (χ4v) is 10.9. The normalized spacial score (nSPS) is 15.6. The molecule has 0 amide bonds. The van der Waals surface area contributed by atoms with E-state index >= 15 is 0 Å². The Morgan fingerprint density at radius 3 is 1.67 bits per heavy atom. The Labute approximate surface area is 302 Å². The zero-order chi connectivity index (χ0) is 31.6. The molecule has 0 saturated heterocycles. The van der Waals surface area contributed by atoms with E-state index in [2.05, 4.69) is 160 Å². The van der Waals surface area contributed by atoms with Crippen LogP contribution < -0.4 is 28.1 Å². The second-order valence-corrected chi connectivity index (χ2v) is 19.3. The van der Waals surface area contributed by atoms with Gasteiger partial charge in [0.25, 0.3) is 0 Å². The Morgan fingerprint density at radius 1 is 0.609 bits per heavy atom. The van der Waals surface area contributed by atoms with Crippen molar-refractivity contribution in [3.8, 4) is 33.4 Å². The second-order valence-electron chi connectivity index (χ2n) is 16.0. The van der Waals surface area contributed by atoms with Gasteiger partial charge in [-0.3, -0.25) is 0 Å². The summed E-state index contributed by atoms with van der Waals surface area (Å²) in [5.74, 6) is 0.523. The molecule has 1 atom stereocenters.